The summed E-state index contributed by atoms with van der Waals surface area (Å²) < 4.78 is 0. The topological polar surface area (TPSA) is 20.2 Å². The van der Waals surface area contributed by atoms with Crippen molar-refractivity contribution in [2.75, 3.05) is 0 Å². The van der Waals surface area contributed by atoms with Crippen LogP contribution in [0.5, 0.6) is 5.75 Å². The number of benzene rings is 5. The Hall–Kier alpha value is -3.06. The smallest absolute Gasteiger partial charge is 0.116 e. The zero-order chi connectivity index (χ0) is 17.3. The number of fused-ring (bicyclic) bond motifs is 7. The van der Waals surface area contributed by atoms with Gasteiger partial charge in [-0.1, -0.05) is 60.7 Å². The van der Waals surface area contributed by atoms with Gasteiger partial charge in [-0.05, 0) is 79.5 Å². The minimum Gasteiger partial charge on any atom is -0.508 e. The molecule has 0 aliphatic heterocycles. The van der Waals surface area contributed by atoms with Crippen LogP contribution in [0.4, 0.5) is 0 Å². The van der Waals surface area contributed by atoms with Gasteiger partial charge in [0.2, 0.25) is 0 Å². The molecule has 0 unspecified atom stereocenters. The molecule has 0 bridgehead atoms. The summed E-state index contributed by atoms with van der Waals surface area (Å²) in [4.78, 5) is 0. The van der Waals surface area contributed by atoms with Crippen LogP contribution in [-0.2, 0) is 0 Å². The molecule has 0 heterocycles. The first-order valence-corrected chi connectivity index (χ1v) is 9.29. The van der Waals surface area contributed by atoms with Gasteiger partial charge in [0.1, 0.15) is 5.75 Å². The van der Waals surface area contributed by atoms with Gasteiger partial charge in [-0.25, -0.2) is 0 Å². The molecule has 0 spiro atoms. The monoisotopic (exact) mass is 334 g/mol. The van der Waals surface area contributed by atoms with Crippen molar-refractivity contribution >= 4 is 43.1 Å². The first-order chi connectivity index (χ1) is 12.8. The largest absolute Gasteiger partial charge is 0.508 e. The Morgan fingerprint density at radius 3 is 2.19 bits per heavy atom. The van der Waals surface area contributed by atoms with Gasteiger partial charge in [0.15, 0.2) is 0 Å². The van der Waals surface area contributed by atoms with Crippen LogP contribution in [0.1, 0.15) is 24.3 Å². The lowest BCUT2D eigenvalue weighted by molar-refractivity contribution is 0.476. The Kier molecular flexibility index (Phi) is 2.71. The van der Waals surface area contributed by atoms with Crippen LogP contribution in [0.3, 0.4) is 0 Å². The maximum absolute atomic E-state index is 9.94. The molecule has 0 atom stereocenters. The summed E-state index contributed by atoms with van der Waals surface area (Å²) in [6, 6.07) is 25.8. The highest BCUT2D eigenvalue weighted by Gasteiger charge is 2.27. The summed E-state index contributed by atoms with van der Waals surface area (Å²) in [5.41, 5.74) is 1.44. The Labute approximate surface area is 151 Å². The predicted molar refractivity (Wildman–Crippen MR) is 110 cm³/mol. The van der Waals surface area contributed by atoms with E-state index in [2.05, 4.69) is 60.7 Å². The summed E-state index contributed by atoms with van der Waals surface area (Å²) in [6.07, 6.45) is 2.53. The SMILES string of the molecule is Oc1ccc2c(c1)cc(C1CC1)c1c2ccc2c3ccccc3ccc21. The second kappa shape index (κ2) is 4.98. The minimum atomic E-state index is 0.338. The molecule has 124 valence electrons. The Morgan fingerprint density at radius 2 is 1.31 bits per heavy atom. The third kappa shape index (κ3) is 1.91. The molecular weight excluding hydrogens is 316 g/mol. The zero-order valence-corrected chi connectivity index (χ0v) is 14.4. The molecule has 5 aromatic rings. The van der Waals surface area contributed by atoms with E-state index in [4.69, 9.17) is 0 Å². The van der Waals surface area contributed by atoms with E-state index in [0.29, 0.717) is 11.7 Å². The van der Waals surface area contributed by atoms with Crippen molar-refractivity contribution in [2.45, 2.75) is 18.8 Å². The second-order valence-corrected chi connectivity index (χ2v) is 7.52. The zero-order valence-electron chi connectivity index (χ0n) is 14.4. The van der Waals surface area contributed by atoms with Crippen molar-refractivity contribution in [3.05, 3.63) is 78.4 Å². The number of aromatic hydroxyl groups is 1. The van der Waals surface area contributed by atoms with E-state index in [0.717, 1.165) is 5.39 Å². The van der Waals surface area contributed by atoms with Crippen LogP contribution < -0.4 is 0 Å². The van der Waals surface area contributed by atoms with Crippen LogP contribution in [0.2, 0.25) is 0 Å². The molecule has 5 aromatic carbocycles. The van der Waals surface area contributed by atoms with Crippen LogP contribution in [-0.4, -0.2) is 5.11 Å². The van der Waals surface area contributed by atoms with Crippen LogP contribution in [0.15, 0.2) is 72.8 Å². The number of hydrogen-bond donors (Lipinski definition) is 1. The van der Waals surface area contributed by atoms with Crippen LogP contribution in [0, 0.1) is 0 Å². The summed E-state index contributed by atoms with van der Waals surface area (Å²) >= 11 is 0. The summed E-state index contributed by atoms with van der Waals surface area (Å²) in [7, 11) is 0. The fourth-order valence-corrected chi connectivity index (χ4v) is 4.49. The van der Waals surface area contributed by atoms with Crippen molar-refractivity contribution in [1.29, 1.82) is 0 Å². The normalized spacial score (nSPS) is 14.6. The molecule has 26 heavy (non-hydrogen) atoms. The van der Waals surface area contributed by atoms with Gasteiger partial charge in [0.25, 0.3) is 0 Å². The molecule has 1 heteroatoms. The van der Waals surface area contributed by atoms with Gasteiger partial charge in [-0.3, -0.25) is 0 Å². The molecule has 0 amide bonds. The molecule has 1 aliphatic rings. The van der Waals surface area contributed by atoms with E-state index >= 15 is 0 Å². The number of phenolic OH excluding ortho intramolecular Hbond substituents is 1. The first-order valence-electron chi connectivity index (χ1n) is 9.29. The lowest BCUT2D eigenvalue weighted by atomic mass is 9.89. The van der Waals surface area contributed by atoms with E-state index in [9.17, 15) is 5.11 Å². The number of phenols is 1. The van der Waals surface area contributed by atoms with Crippen LogP contribution in [0.25, 0.3) is 43.1 Å². The highest BCUT2D eigenvalue weighted by Crippen LogP contribution is 2.47. The van der Waals surface area contributed by atoms with Crippen LogP contribution >= 0.6 is 0 Å². The molecule has 0 radical (unpaired) electrons. The molecular formula is C25H18O. The average Bonchev–Trinajstić information content (AvgIpc) is 3.51. The van der Waals surface area contributed by atoms with E-state index < -0.39 is 0 Å². The maximum atomic E-state index is 9.94. The van der Waals surface area contributed by atoms with Crippen molar-refractivity contribution in [2.24, 2.45) is 0 Å². The fourth-order valence-electron chi connectivity index (χ4n) is 4.49. The van der Waals surface area contributed by atoms with Crippen molar-refractivity contribution in [3.8, 4) is 5.75 Å². The Balaban J connectivity index is 1.86. The highest BCUT2D eigenvalue weighted by molar-refractivity contribution is 6.23. The molecule has 0 saturated heterocycles. The minimum absolute atomic E-state index is 0.338. The van der Waals surface area contributed by atoms with E-state index in [1.807, 2.05) is 6.07 Å². The maximum Gasteiger partial charge on any atom is 0.116 e. The third-order valence-electron chi connectivity index (χ3n) is 5.87. The number of hydrogen-bond acceptors (Lipinski definition) is 1. The van der Waals surface area contributed by atoms with Gasteiger partial charge >= 0.3 is 0 Å². The van der Waals surface area contributed by atoms with Crippen molar-refractivity contribution in [3.63, 3.8) is 0 Å². The van der Waals surface area contributed by atoms with Gasteiger partial charge in [0.05, 0.1) is 0 Å². The first kappa shape index (κ1) is 14.1. The van der Waals surface area contributed by atoms with Gasteiger partial charge in [0, 0.05) is 0 Å². The number of rotatable bonds is 1. The molecule has 1 fully saturated rings. The molecule has 6 rings (SSSR count). The molecule has 0 aromatic heterocycles. The summed E-state index contributed by atoms with van der Waals surface area (Å²) in [6.45, 7) is 0. The summed E-state index contributed by atoms with van der Waals surface area (Å²) in [5, 5.41) is 20.3. The lowest BCUT2D eigenvalue weighted by Crippen LogP contribution is -1.89. The standard InChI is InChI=1S/C25H18O/c26-18-8-10-20-17(13-18)14-24(16-5-6-16)25-22(20)12-11-21-19-4-2-1-3-15(19)7-9-23(21)25/h1-4,7-14,16,26H,5-6H2. The van der Waals surface area contributed by atoms with Crippen molar-refractivity contribution in [1.82, 2.24) is 0 Å². The fraction of sp³-hybridized carbons (Fsp3) is 0.120. The van der Waals surface area contributed by atoms with E-state index in [1.165, 1.54) is 56.1 Å². The van der Waals surface area contributed by atoms with Crippen molar-refractivity contribution < 1.29 is 5.11 Å². The predicted octanol–water partition coefficient (Wildman–Crippen LogP) is 6.88. The quantitative estimate of drug-likeness (QED) is 0.331. The molecule has 1 nitrogen and oxygen atoms in total. The Bertz CT molecular complexity index is 1340. The molecule has 1 saturated carbocycles. The third-order valence-corrected chi connectivity index (χ3v) is 5.87. The lowest BCUT2D eigenvalue weighted by Gasteiger charge is -2.14. The second-order valence-electron chi connectivity index (χ2n) is 7.52. The van der Waals surface area contributed by atoms with Gasteiger partial charge in [-0.15, -0.1) is 0 Å². The highest BCUT2D eigenvalue weighted by atomic mass is 16.3. The summed E-state index contributed by atoms with van der Waals surface area (Å²) in [5.74, 6) is 0.992. The van der Waals surface area contributed by atoms with E-state index in [-0.39, 0.29) is 0 Å². The average molecular weight is 334 g/mol. The van der Waals surface area contributed by atoms with Gasteiger partial charge in [-0.2, -0.15) is 0 Å². The molecule has 1 N–H and O–H groups in total. The van der Waals surface area contributed by atoms with E-state index in [1.54, 1.807) is 6.07 Å². The molecule has 1 aliphatic carbocycles. The Morgan fingerprint density at radius 1 is 0.615 bits per heavy atom. The van der Waals surface area contributed by atoms with Gasteiger partial charge < -0.3 is 5.11 Å².